The lowest BCUT2D eigenvalue weighted by atomic mass is 10.2. The van der Waals surface area contributed by atoms with Gasteiger partial charge in [0.25, 0.3) is 0 Å². The minimum atomic E-state index is -1.04. The van der Waals surface area contributed by atoms with Gasteiger partial charge in [-0.1, -0.05) is 31.0 Å². The summed E-state index contributed by atoms with van der Waals surface area (Å²) in [7, 11) is 0. The first-order chi connectivity index (χ1) is 8.95. The van der Waals surface area contributed by atoms with Crippen LogP contribution in [0.25, 0.3) is 0 Å². The normalized spacial score (nSPS) is 11.7. The average molecular weight is 285 g/mol. The molecule has 19 heavy (non-hydrogen) atoms. The van der Waals surface area contributed by atoms with Crippen LogP contribution in [-0.4, -0.2) is 23.1 Å². The predicted octanol–water partition coefficient (Wildman–Crippen LogP) is 3.02. The number of hydrogen-bond acceptors (Lipinski definition) is 2. The molecule has 104 valence electrons. The van der Waals surface area contributed by atoms with E-state index < -0.39 is 18.0 Å². The average Bonchev–Trinajstić information content (AvgIpc) is 2.34. The molecule has 5 nitrogen and oxygen atoms in total. The molecule has 0 radical (unpaired) electrons. The smallest absolute Gasteiger partial charge is 0.326 e. The molecule has 0 spiro atoms. The molecule has 0 fully saturated rings. The zero-order chi connectivity index (χ0) is 14.4. The first kappa shape index (κ1) is 15.3. The highest BCUT2D eigenvalue weighted by Gasteiger charge is 2.19. The van der Waals surface area contributed by atoms with E-state index in [1.54, 1.807) is 25.1 Å². The molecule has 0 saturated heterocycles. The number of carboxylic acids is 1. The first-order valence-electron chi connectivity index (χ1n) is 6.01. The maximum absolute atomic E-state index is 11.7. The van der Waals surface area contributed by atoms with E-state index in [1.165, 1.54) is 0 Å². The number of aliphatic carboxylic acids is 1. The summed E-state index contributed by atoms with van der Waals surface area (Å²) in [5.41, 5.74) is 1.30. The van der Waals surface area contributed by atoms with Crippen molar-refractivity contribution in [3.63, 3.8) is 0 Å². The Bertz CT molecular complexity index is 477. The van der Waals surface area contributed by atoms with E-state index in [9.17, 15) is 9.59 Å². The third kappa shape index (κ3) is 4.44. The maximum atomic E-state index is 11.7. The molecule has 1 aromatic rings. The fourth-order valence-electron chi connectivity index (χ4n) is 1.61. The molecule has 0 saturated carbocycles. The molecule has 0 aliphatic carbocycles. The van der Waals surface area contributed by atoms with Crippen molar-refractivity contribution in [3.8, 4) is 0 Å². The molecule has 6 heteroatoms. The molecule has 0 aliphatic rings. The van der Waals surface area contributed by atoms with E-state index in [1.807, 2.05) is 6.92 Å². The number of nitrogens with one attached hydrogen (secondary N) is 2. The van der Waals surface area contributed by atoms with Crippen LogP contribution in [0.2, 0.25) is 5.02 Å². The Kier molecular flexibility index (Phi) is 5.63. The summed E-state index contributed by atoms with van der Waals surface area (Å²) in [5, 5.41) is 14.5. The minimum Gasteiger partial charge on any atom is -0.480 e. The van der Waals surface area contributed by atoms with Gasteiger partial charge in [-0.2, -0.15) is 0 Å². The van der Waals surface area contributed by atoms with Crippen LogP contribution < -0.4 is 10.6 Å². The molecule has 0 unspecified atom stereocenters. The van der Waals surface area contributed by atoms with E-state index in [0.717, 1.165) is 5.56 Å². The van der Waals surface area contributed by atoms with E-state index in [2.05, 4.69) is 10.6 Å². The van der Waals surface area contributed by atoms with Crippen LogP contribution in [0.4, 0.5) is 10.5 Å². The molecular weight excluding hydrogens is 268 g/mol. The second-order valence-corrected chi connectivity index (χ2v) is 4.60. The number of amides is 2. The van der Waals surface area contributed by atoms with Gasteiger partial charge in [0.2, 0.25) is 0 Å². The van der Waals surface area contributed by atoms with Gasteiger partial charge in [0.05, 0.1) is 0 Å². The first-order valence-corrected chi connectivity index (χ1v) is 6.39. The van der Waals surface area contributed by atoms with E-state index in [-0.39, 0.29) is 0 Å². The molecule has 0 aromatic heterocycles. The molecule has 0 bridgehead atoms. The summed E-state index contributed by atoms with van der Waals surface area (Å²) >= 11 is 5.94. The molecule has 1 rings (SSSR count). The standard InChI is InChI=1S/C13H17ClN2O3/c1-3-5-11(12(17)18)16-13(19)15-10-7-4-6-9(14)8(10)2/h4,6-7,11H,3,5H2,1-2H3,(H,17,18)(H2,15,16,19)/t11-/m0/s1. The van der Waals surface area contributed by atoms with Gasteiger partial charge in [-0.3, -0.25) is 0 Å². The van der Waals surface area contributed by atoms with Crippen LogP contribution in [0, 0.1) is 6.92 Å². The summed E-state index contributed by atoms with van der Waals surface area (Å²) in [5.74, 6) is -1.04. The van der Waals surface area contributed by atoms with Gasteiger partial charge < -0.3 is 15.7 Å². The number of carboxylic acid groups (broad SMARTS) is 1. The second kappa shape index (κ2) is 6.99. The molecule has 1 aromatic carbocycles. The van der Waals surface area contributed by atoms with Gasteiger partial charge in [0, 0.05) is 10.7 Å². The Balaban J connectivity index is 2.69. The lowest BCUT2D eigenvalue weighted by Gasteiger charge is -2.15. The van der Waals surface area contributed by atoms with Crippen LogP contribution in [0.3, 0.4) is 0 Å². The van der Waals surface area contributed by atoms with Gasteiger partial charge in [-0.05, 0) is 31.0 Å². The maximum Gasteiger partial charge on any atom is 0.326 e. The number of halogens is 1. The fourth-order valence-corrected chi connectivity index (χ4v) is 1.78. The van der Waals surface area contributed by atoms with Gasteiger partial charge in [-0.25, -0.2) is 9.59 Å². The lowest BCUT2D eigenvalue weighted by molar-refractivity contribution is -0.139. The van der Waals surface area contributed by atoms with E-state index in [0.29, 0.717) is 23.6 Å². The van der Waals surface area contributed by atoms with Crippen molar-refractivity contribution in [2.24, 2.45) is 0 Å². The van der Waals surface area contributed by atoms with Crippen LogP contribution in [0.1, 0.15) is 25.3 Å². The Labute approximate surface area is 117 Å². The number of carbonyl (C=O) groups excluding carboxylic acids is 1. The van der Waals surface area contributed by atoms with Crippen molar-refractivity contribution >= 4 is 29.3 Å². The van der Waals surface area contributed by atoms with Crippen molar-refractivity contribution in [1.82, 2.24) is 5.32 Å². The summed E-state index contributed by atoms with van der Waals surface area (Å²) < 4.78 is 0. The largest absolute Gasteiger partial charge is 0.480 e. The molecule has 0 heterocycles. The Hall–Kier alpha value is -1.75. The highest BCUT2D eigenvalue weighted by atomic mass is 35.5. The summed E-state index contributed by atoms with van der Waals surface area (Å²) in [6, 6.07) is 3.70. The predicted molar refractivity (Wildman–Crippen MR) is 74.7 cm³/mol. The van der Waals surface area contributed by atoms with Crippen molar-refractivity contribution in [3.05, 3.63) is 28.8 Å². The number of anilines is 1. The van der Waals surface area contributed by atoms with Gasteiger partial charge in [0.1, 0.15) is 6.04 Å². The highest BCUT2D eigenvalue weighted by Crippen LogP contribution is 2.22. The second-order valence-electron chi connectivity index (χ2n) is 4.19. The van der Waals surface area contributed by atoms with Gasteiger partial charge in [0.15, 0.2) is 0 Å². The monoisotopic (exact) mass is 284 g/mol. The number of carbonyl (C=O) groups is 2. The molecule has 2 amide bonds. The van der Waals surface area contributed by atoms with Crippen LogP contribution in [0.15, 0.2) is 18.2 Å². The number of benzene rings is 1. The SMILES string of the molecule is CCC[C@H](NC(=O)Nc1cccc(Cl)c1C)C(=O)O. The van der Waals surface area contributed by atoms with Crippen LogP contribution >= 0.6 is 11.6 Å². The van der Waals surface area contributed by atoms with Gasteiger partial charge in [-0.15, -0.1) is 0 Å². The third-order valence-corrected chi connectivity index (χ3v) is 3.11. The number of urea groups is 1. The summed E-state index contributed by atoms with van der Waals surface area (Å²) in [4.78, 5) is 22.7. The Morgan fingerprint density at radius 1 is 1.42 bits per heavy atom. The van der Waals surface area contributed by atoms with Crippen molar-refractivity contribution < 1.29 is 14.7 Å². The van der Waals surface area contributed by atoms with Crippen molar-refractivity contribution in [1.29, 1.82) is 0 Å². The zero-order valence-corrected chi connectivity index (χ0v) is 11.6. The lowest BCUT2D eigenvalue weighted by Crippen LogP contribution is -2.42. The zero-order valence-electron chi connectivity index (χ0n) is 10.9. The topological polar surface area (TPSA) is 78.4 Å². The van der Waals surface area contributed by atoms with Gasteiger partial charge >= 0.3 is 12.0 Å². The van der Waals surface area contributed by atoms with Crippen LogP contribution in [0.5, 0.6) is 0 Å². The molecule has 3 N–H and O–H groups in total. The summed E-state index contributed by atoms with van der Waals surface area (Å²) in [6.07, 6.45) is 1.06. The fraction of sp³-hybridized carbons (Fsp3) is 0.385. The molecule has 0 aliphatic heterocycles. The minimum absolute atomic E-state index is 0.386. The third-order valence-electron chi connectivity index (χ3n) is 2.70. The summed E-state index contributed by atoms with van der Waals surface area (Å²) in [6.45, 7) is 3.63. The Morgan fingerprint density at radius 2 is 2.11 bits per heavy atom. The van der Waals surface area contributed by atoms with E-state index in [4.69, 9.17) is 16.7 Å². The molecular formula is C13H17ClN2O3. The molecule has 1 atom stereocenters. The number of rotatable bonds is 5. The highest BCUT2D eigenvalue weighted by molar-refractivity contribution is 6.31. The Morgan fingerprint density at radius 3 is 2.68 bits per heavy atom. The van der Waals surface area contributed by atoms with E-state index >= 15 is 0 Å². The quantitative estimate of drug-likeness (QED) is 0.777. The van der Waals surface area contributed by atoms with Crippen molar-refractivity contribution in [2.75, 3.05) is 5.32 Å². The van der Waals surface area contributed by atoms with Crippen LogP contribution in [-0.2, 0) is 4.79 Å². The van der Waals surface area contributed by atoms with Crippen molar-refractivity contribution in [2.45, 2.75) is 32.7 Å². The number of hydrogen-bond donors (Lipinski definition) is 3.